The van der Waals surface area contributed by atoms with E-state index in [1.807, 2.05) is 25.3 Å². The van der Waals surface area contributed by atoms with Gasteiger partial charge in [-0.3, -0.25) is 4.90 Å². The molecule has 1 heterocycles. The lowest BCUT2D eigenvalue weighted by atomic mass is 9.73. The molecule has 2 fully saturated rings. The highest BCUT2D eigenvalue weighted by Crippen LogP contribution is 2.41. The van der Waals surface area contributed by atoms with Gasteiger partial charge in [0.25, 0.3) is 0 Å². The van der Waals surface area contributed by atoms with Gasteiger partial charge in [-0.2, -0.15) is 0 Å². The topological polar surface area (TPSA) is 54.0 Å². The summed E-state index contributed by atoms with van der Waals surface area (Å²) in [6.45, 7) is 3.79. The Hall–Kier alpha value is -0.690. The first-order valence-corrected chi connectivity index (χ1v) is 13.8. The van der Waals surface area contributed by atoms with Crippen LogP contribution in [0.3, 0.4) is 0 Å². The molecule has 0 radical (unpaired) electrons. The lowest BCUT2D eigenvalue weighted by molar-refractivity contribution is -0.0693. The normalized spacial score (nSPS) is 26.8. The quantitative estimate of drug-likeness (QED) is 0.367. The zero-order valence-corrected chi connectivity index (χ0v) is 22.4. The highest BCUT2D eigenvalue weighted by molar-refractivity contribution is 6.30. The Morgan fingerprint density at radius 3 is 2.65 bits per heavy atom. The first-order valence-electron chi connectivity index (χ1n) is 13.4. The fraction of sp³-hybridized carbons (Fsp3) is 0.786. The Bertz CT molecular complexity index is 713. The zero-order chi connectivity index (χ0) is 24.4. The van der Waals surface area contributed by atoms with Crippen molar-refractivity contribution in [2.45, 2.75) is 82.0 Å². The molecule has 1 aromatic rings. The van der Waals surface area contributed by atoms with Crippen molar-refractivity contribution in [3.63, 3.8) is 0 Å². The number of hydrogen-bond acceptors (Lipinski definition) is 5. The number of rotatable bonds is 13. The first-order chi connectivity index (χ1) is 16.5. The number of nitrogens with zero attached hydrogens (tertiary/aromatic N) is 1. The predicted molar refractivity (Wildman–Crippen MR) is 140 cm³/mol. The zero-order valence-electron chi connectivity index (χ0n) is 21.6. The van der Waals surface area contributed by atoms with Crippen LogP contribution in [0.25, 0.3) is 0 Å². The Kier molecular flexibility index (Phi) is 11.6. The molecule has 1 aliphatic heterocycles. The smallest absolute Gasteiger partial charge is 0.0937 e. The number of halogens is 1. The Morgan fingerprint density at radius 2 is 1.97 bits per heavy atom. The number of nitrogens with one attached hydrogen (secondary N) is 1. The van der Waals surface area contributed by atoms with Crippen LogP contribution in [0.2, 0.25) is 5.02 Å². The summed E-state index contributed by atoms with van der Waals surface area (Å²) in [4.78, 5) is 2.66. The second-order valence-corrected chi connectivity index (χ2v) is 11.0. The maximum absolute atomic E-state index is 12.2. The van der Waals surface area contributed by atoms with E-state index in [0.717, 1.165) is 69.8 Å². The van der Waals surface area contributed by atoms with Crippen molar-refractivity contribution in [2.24, 2.45) is 11.8 Å². The minimum absolute atomic E-state index is 0.200. The van der Waals surface area contributed by atoms with Crippen molar-refractivity contribution < 1.29 is 14.6 Å². The van der Waals surface area contributed by atoms with E-state index < -0.39 is 5.60 Å². The average Bonchev–Trinajstić information content (AvgIpc) is 2.87. The Morgan fingerprint density at radius 1 is 1.18 bits per heavy atom. The minimum atomic E-state index is -0.863. The summed E-state index contributed by atoms with van der Waals surface area (Å²) < 4.78 is 10.9. The van der Waals surface area contributed by atoms with Crippen LogP contribution in [-0.2, 0) is 15.1 Å². The molecule has 6 heteroatoms. The van der Waals surface area contributed by atoms with Crippen molar-refractivity contribution in [3.8, 4) is 0 Å². The van der Waals surface area contributed by atoms with E-state index in [0.29, 0.717) is 17.2 Å². The van der Waals surface area contributed by atoms with E-state index >= 15 is 0 Å². The maximum atomic E-state index is 12.2. The van der Waals surface area contributed by atoms with Gasteiger partial charge in [0, 0.05) is 50.9 Å². The molecule has 34 heavy (non-hydrogen) atoms. The summed E-state index contributed by atoms with van der Waals surface area (Å²) in [5.41, 5.74) is 0.102. The van der Waals surface area contributed by atoms with Gasteiger partial charge in [0.2, 0.25) is 0 Å². The van der Waals surface area contributed by atoms with Crippen LogP contribution in [0.1, 0.15) is 69.8 Å². The van der Waals surface area contributed by atoms with Crippen molar-refractivity contribution >= 4 is 11.6 Å². The van der Waals surface area contributed by atoms with E-state index in [2.05, 4.69) is 23.3 Å². The second kappa shape index (κ2) is 14.2. The molecule has 2 aliphatic rings. The van der Waals surface area contributed by atoms with Gasteiger partial charge >= 0.3 is 0 Å². The molecule has 1 aliphatic carbocycles. The van der Waals surface area contributed by atoms with Crippen molar-refractivity contribution in [2.75, 3.05) is 47.5 Å². The molecule has 1 saturated heterocycles. The van der Waals surface area contributed by atoms with Crippen LogP contribution in [0, 0.1) is 11.8 Å². The van der Waals surface area contributed by atoms with Crippen LogP contribution < -0.4 is 5.32 Å². The highest BCUT2D eigenvalue weighted by Gasteiger charge is 2.41. The Labute approximate surface area is 212 Å². The molecule has 5 nitrogen and oxygen atoms in total. The lowest BCUT2D eigenvalue weighted by Gasteiger charge is -2.46. The van der Waals surface area contributed by atoms with Crippen molar-refractivity contribution in [1.82, 2.24) is 10.2 Å². The number of ether oxygens (including phenoxy) is 2. The van der Waals surface area contributed by atoms with Gasteiger partial charge in [0.1, 0.15) is 0 Å². The number of aliphatic hydroxyl groups is 1. The molecule has 194 valence electrons. The van der Waals surface area contributed by atoms with Crippen LogP contribution >= 0.6 is 11.6 Å². The molecule has 0 bridgehead atoms. The predicted octanol–water partition coefficient (Wildman–Crippen LogP) is 5.24. The van der Waals surface area contributed by atoms with Crippen LogP contribution in [0.4, 0.5) is 0 Å². The van der Waals surface area contributed by atoms with Gasteiger partial charge in [-0.15, -0.1) is 0 Å². The number of methoxy groups -OCH3 is 2. The molecule has 1 saturated carbocycles. The van der Waals surface area contributed by atoms with Crippen LogP contribution in [0.15, 0.2) is 24.3 Å². The molecular weight excluding hydrogens is 448 g/mol. The van der Waals surface area contributed by atoms with Crippen molar-refractivity contribution in [1.29, 1.82) is 0 Å². The van der Waals surface area contributed by atoms with Gasteiger partial charge in [0.15, 0.2) is 0 Å². The van der Waals surface area contributed by atoms with Gasteiger partial charge in [-0.1, -0.05) is 23.7 Å². The molecular formula is C28H47ClN2O3. The summed E-state index contributed by atoms with van der Waals surface area (Å²) in [7, 11) is 5.65. The summed E-state index contributed by atoms with van der Waals surface area (Å²) in [5.74, 6) is 0.969. The van der Waals surface area contributed by atoms with Gasteiger partial charge in [-0.05, 0) is 101 Å². The SMILES string of the molecule is CNCC(CC1CCC(OC)CC1)N1CCC[C@@H]([C@@](O)(CCCCOC)c2cccc(Cl)c2)C1. The molecule has 0 spiro atoms. The third-order valence-electron chi connectivity index (χ3n) is 8.30. The number of benzene rings is 1. The fourth-order valence-corrected chi connectivity index (χ4v) is 6.49. The van der Waals surface area contributed by atoms with Gasteiger partial charge in [-0.25, -0.2) is 0 Å². The van der Waals surface area contributed by atoms with Gasteiger partial charge in [0.05, 0.1) is 11.7 Å². The second-order valence-electron chi connectivity index (χ2n) is 10.5. The average molecular weight is 495 g/mol. The first kappa shape index (κ1) is 27.9. The molecule has 3 atom stereocenters. The molecule has 0 amide bonds. The molecule has 2 N–H and O–H groups in total. The largest absolute Gasteiger partial charge is 0.385 e. The van der Waals surface area contributed by atoms with E-state index in [1.54, 1.807) is 7.11 Å². The van der Waals surface area contributed by atoms with E-state index in [9.17, 15) is 5.11 Å². The number of hydrogen-bond donors (Lipinski definition) is 2. The van der Waals surface area contributed by atoms with E-state index in [4.69, 9.17) is 21.1 Å². The van der Waals surface area contributed by atoms with Crippen LogP contribution in [-0.4, -0.2) is 69.7 Å². The maximum Gasteiger partial charge on any atom is 0.0937 e. The molecule has 3 rings (SSSR count). The molecule has 1 unspecified atom stereocenters. The highest BCUT2D eigenvalue weighted by atomic mass is 35.5. The molecule has 0 aromatic heterocycles. The van der Waals surface area contributed by atoms with E-state index in [1.165, 1.54) is 32.1 Å². The van der Waals surface area contributed by atoms with E-state index in [-0.39, 0.29) is 5.92 Å². The summed E-state index contributed by atoms with van der Waals surface area (Å²) >= 11 is 6.36. The van der Waals surface area contributed by atoms with Gasteiger partial charge < -0.3 is 19.9 Å². The summed E-state index contributed by atoms with van der Waals surface area (Å²) in [5, 5.41) is 16.3. The summed E-state index contributed by atoms with van der Waals surface area (Å²) in [6.07, 6.45) is 11.4. The monoisotopic (exact) mass is 494 g/mol. The number of unbranched alkanes of at least 4 members (excludes halogenated alkanes) is 1. The third kappa shape index (κ3) is 7.65. The molecule has 1 aromatic carbocycles. The number of likely N-dealkylation sites (tertiary alicyclic amines) is 1. The van der Waals surface area contributed by atoms with Crippen LogP contribution in [0.5, 0.6) is 0 Å². The minimum Gasteiger partial charge on any atom is -0.385 e. The number of likely N-dealkylation sites (N-methyl/N-ethyl adjacent to an activating group) is 1. The third-order valence-corrected chi connectivity index (χ3v) is 8.53. The Balaban J connectivity index is 1.72. The fourth-order valence-electron chi connectivity index (χ4n) is 6.30. The lowest BCUT2D eigenvalue weighted by Crippen LogP contribution is -2.52. The number of piperidine rings is 1. The summed E-state index contributed by atoms with van der Waals surface area (Å²) in [6, 6.07) is 8.40. The van der Waals surface area contributed by atoms with Crippen molar-refractivity contribution in [3.05, 3.63) is 34.9 Å². The standard InChI is InChI=1S/C28H47ClN2O3/c1-30-20-26(18-22-11-13-27(34-3)14-12-22)31-16-7-9-24(21-31)28(32,15-4-5-17-33-2)23-8-6-10-25(29)19-23/h6,8,10,19,22,24,26-27,30,32H,4-5,7,9,11-18,20-21H2,1-3H3/t22?,24-,26?,27?,28-/m1/s1.